The van der Waals surface area contributed by atoms with E-state index in [9.17, 15) is 18.4 Å². The van der Waals surface area contributed by atoms with Crippen LogP contribution >= 0.6 is 0 Å². The Bertz CT molecular complexity index is 1550. The summed E-state index contributed by atoms with van der Waals surface area (Å²) in [6.07, 6.45) is 0.496. The van der Waals surface area contributed by atoms with Crippen LogP contribution in [0.3, 0.4) is 0 Å². The minimum absolute atomic E-state index is 0.0938. The van der Waals surface area contributed by atoms with Crippen molar-refractivity contribution in [2.75, 3.05) is 20.2 Å². The molecule has 1 N–H and O–H groups in total. The Labute approximate surface area is 229 Å². The van der Waals surface area contributed by atoms with Crippen molar-refractivity contribution >= 4 is 22.8 Å². The largest absolute Gasteiger partial charge is 0.468 e. The molecular formula is C28H30F2N6O4. The highest BCUT2D eigenvalue weighted by atomic mass is 19.3. The second-order valence-corrected chi connectivity index (χ2v) is 9.83. The van der Waals surface area contributed by atoms with Crippen LogP contribution in [0.15, 0.2) is 48.5 Å². The number of hydrogen-bond acceptors (Lipinski definition) is 6. The molecule has 0 spiro atoms. The molecule has 5 rings (SSSR count). The number of carbonyl (C=O) groups excluding carboxylic acids is 2. The molecule has 1 saturated heterocycles. The van der Waals surface area contributed by atoms with Gasteiger partial charge in [-0.3, -0.25) is 18.8 Å². The van der Waals surface area contributed by atoms with E-state index in [1.807, 2.05) is 61.0 Å². The molecule has 2 amide bonds. The normalized spacial score (nSPS) is 17.3. The van der Waals surface area contributed by atoms with Gasteiger partial charge in [-0.2, -0.15) is 13.8 Å². The van der Waals surface area contributed by atoms with E-state index in [0.29, 0.717) is 31.1 Å². The molecule has 1 aliphatic rings. The summed E-state index contributed by atoms with van der Waals surface area (Å²) >= 11 is 0. The first kappa shape index (κ1) is 27.1. The van der Waals surface area contributed by atoms with Gasteiger partial charge in [-0.15, -0.1) is 5.10 Å². The second-order valence-electron chi connectivity index (χ2n) is 9.83. The number of alkyl halides is 2. The number of piperidine rings is 1. The topological polar surface area (TPSA) is 104 Å². The third-order valence-electron chi connectivity index (χ3n) is 7.31. The number of hydrogen-bond donors (Lipinski definition) is 1. The molecular weight excluding hydrogens is 522 g/mol. The van der Waals surface area contributed by atoms with Gasteiger partial charge in [-0.25, -0.2) is 0 Å². The number of fused-ring (bicyclic) bond motifs is 1. The Balaban J connectivity index is 1.39. The summed E-state index contributed by atoms with van der Waals surface area (Å²) in [4.78, 5) is 33.2. The fraction of sp³-hybridized carbons (Fsp3) is 0.357. The lowest BCUT2D eigenvalue weighted by atomic mass is 9.85. The summed E-state index contributed by atoms with van der Waals surface area (Å²) in [6, 6.07) is 14.7. The Morgan fingerprint density at radius 3 is 2.58 bits per heavy atom. The number of nitrogens with zero attached hydrogens (tertiary/aromatic N) is 5. The number of rotatable bonds is 7. The van der Waals surface area contributed by atoms with E-state index < -0.39 is 12.5 Å². The van der Waals surface area contributed by atoms with Gasteiger partial charge in [0.05, 0.1) is 18.1 Å². The number of carbonyl (C=O) groups is 2. The number of halogens is 2. The van der Waals surface area contributed by atoms with Crippen LogP contribution in [0.5, 0.6) is 11.9 Å². The number of nitrogens with one attached hydrogen (secondary N) is 1. The van der Waals surface area contributed by atoms with Crippen LogP contribution in [-0.4, -0.2) is 68.9 Å². The number of likely N-dealkylation sites (tertiary alicyclic amines) is 1. The number of methoxy groups -OCH3 is 1. The van der Waals surface area contributed by atoms with Gasteiger partial charge in [0, 0.05) is 50.8 Å². The van der Waals surface area contributed by atoms with Gasteiger partial charge >= 0.3 is 6.61 Å². The minimum atomic E-state index is -3.04. The molecule has 1 aliphatic heterocycles. The molecule has 40 heavy (non-hydrogen) atoms. The first-order valence-electron chi connectivity index (χ1n) is 12.8. The summed E-state index contributed by atoms with van der Waals surface area (Å²) < 4.78 is 37.9. The number of imidazole rings is 1. The molecule has 0 radical (unpaired) electrons. The Kier molecular flexibility index (Phi) is 7.42. The van der Waals surface area contributed by atoms with Gasteiger partial charge in [0.25, 0.3) is 17.8 Å². The lowest BCUT2D eigenvalue weighted by Crippen LogP contribution is -2.51. The third-order valence-corrected chi connectivity index (χ3v) is 7.31. The average molecular weight is 553 g/mol. The van der Waals surface area contributed by atoms with Crippen LogP contribution in [-0.2, 0) is 14.1 Å². The minimum Gasteiger partial charge on any atom is -0.468 e. The maximum atomic E-state index is 13.7. The van der Waals surface area contributed by atoms with Crippen molar-refractivity contribution in [2.24, 2.45) is 14.1 Å². The molecule has 0 unspecified atom stereocenters. The van der Waals surface area contributed by atoms with E-state index in [0.717, 1.165) is 22.2 Å². The van der Waals surface area contributed by atoms with Crippen molar-refractivity contribution in [1.29, 1.82) is 0 Å². The summed E-state index contributed by atoms with van der Waals surface area (Å²) in [5.41, 5.74) is 4.06. The van der Waals surface area contributed by atoms with Crippen molar-refractivity contribution < 1.29 is 27.8 Å². The van der Waals surface area contributed by atoms with Crippen LogP contribution in [0.1, 0.15) is 44.3 Å². The lowest BCUT2D eigenvalue weighted by molar-refractivity contribution is -0.0531. The van der Waals surface area contributed by atoms with Crippen molar-refractivity contribution in [3.8, 4) is 11.9 Å². The highest BCUT2D eigenvalue weighted by Gasteiger charge is 2.35. The van der Waals surface area contributed by atoms with Gasteiger partial charge in [0.15, 0.2) is 0 Å². The molecule has 1 fully saturated rings. The van der Waals surface area contributed by atoms with E-state index >= 15 is 0 Å². The third kappa shape index (κ3) is 5.21. The van der Waals surface area contributed by atoms with Crippen molar-refractivity contribution in [3.05, 3.63) is 70.9 Å². The number of benzene rings is 2. The zero-order valence-corrected chi connectivity index (χ0v) is 22.6. The molecule has 0 aliphatic carbocycles. The quantitative estimate of drug-likeness (QED) is 0.376. The summed E-state index contributed by atoms with van der Waals surface area (Å²) in [5, 5.41) is 6.87. The van der Waals surface area contributed by atoms with Gasteiger partial charge in [0.2, 0.25) is 5.88 Å². The first-order valence-corrected chi connectivity index (χ1v) is 12.8. The predicted octanol–water partition coefficient (Wildman–Crippen LogP) is 3.65. The highest BCUT2D eigenvalue weighted by molar-refractivity contribution is 5.98. The van der Waals surface area contributed by atoms with Gasteiger partial charge < -0.3 is 19.7 Å². The molecule has 10 nitrogen and oxygen atoms in total. The summed E-state index contributed by atoms with van der Waals surface area (Å²) in [7, 11) is 4.88. The average Bonchev–Trinajstić information content (AvgIpc) is 3.47. The summed E-state index contributed by atoms with van der Waals surface area (Å²) in [6.45, 7) is -0.329. The van der Waals surface area contributed by atoms with E-state index in [2.05, 4.69) is 20.1 Å². The van der Waals surface area contributed by atoms with Gasteiger partial charge in [-0.05, 0) is 36.6 Å². The Morgan fingerprint density at radius 1 is 1.12 bits per heavy atom. The fourth-order valence-electron chi connectivity index (χ4n) is 5.32. The number of aryl methyl sites for hydroxylation is 3. The molecule has 2 aromatic heterocycles. The zero-order chi connectivity index (χ0) is 28.6. The van der Waals surface area contributed by atoms with Gasteiger partial charge in [0.1, 0.15) is 5.69 Å². The zero-order valence-electron chi connectivity index (χ0n) is 22.6. The molecule has 210 valence electrons. The van der Waals surface area contributed by atoms with Crippen molar-refractivity contribution in [2.45, 2.75) is 31.9 Å². The molecule has 4 aromatic rings. The van der Waals surface area contributed by atoms with E-state index in [1.165, 1.54) is 17.8 Å². The maximum absolute atomic E-state index is 13.7. The smallest absolute Gasteiger partial charge is 0.388 e. The number of ether oxygens (including phenoxy) is 2. The van der Waals surface area contributed by atoms with Crippen LogP contribution in [0.4, 0.5) is 8.78 Å². The molecule has 2 aromatic carbocycles. The van der Waals surface area contributed by atoms with Crippen LogP contribution in [0.2, 0.25) is 0 Å². The van der Waals surface area contributed by atoms with Crippen LogP contribution < -0.4 is 14.8 Å². The molecule has 0 saturated carbocycles. The SMILES string of the molecule is COc1nc2c(C)cc(C(=O)N3CC[C@@H](NC(=O)c4cc(OC(F)F)nn4C)[C@@H](c4ccccc4)C3)cc2n1C. The van der Waals surface area contributed by atoms with E-state index in [-0.39, 0.29) is 29.4 Å². The Hall–Kier alpha value is -4.48. The molecule has 3 heterocycles. The monoisotopic (exact) mass is 552 g/mol. The van der Waals surface area contributed by atoms with E-state index in [4.69, 9.17) is 4.74 Å². The molecule has 2 atom stereocenters. The summed E-state index contributed by atoms with van der Waals surface area (Å²) in [5.74, 6) is -1.11. The second kappa shape index (κ2) is 10.9. The number of aromatic nitrogens is 4. The first-order chi connectivity index (χ1) is 19.2. The number of amides is 2. The van der Waals surface area contributed by atoms with E-state index in [1.54, 1.807) is 12.0 Å². The highest BCUT2D eigenvalue weighted by Crippen LogP contribution is 2.30. The maximum Gasteiger partial charge on any atom is 0.388 e. The fourth-order valence-corrected chi connectivity index (χ4v) is 5.32. The van der Waals surface area contributed by atoms with Crippen LogP contribution in [0.25, 0.3) is 11.0 Å². The molecule has 12 heteroatoms. The Morgan fingerprint density at radius 2 is 1.88 bits per heavy atom. The predicted molar refractivity (Wildman–Crippen MR) is 143 cm³/mol. The molecule has 0 bridgehead atoms. The van der Waals surface area contributed by atoms with Crippen molar-refractivity contribution in [3.63, 3.8) is 0 Å². The van der Waals surface area contributed by atoms with Crippen molar-refractivity contribution in [1.82, 2.24) is 29.5 Å². The standard InChI is InChI=1S/C28H30F2N6O4/c1-16-12-18(13-21-24(16)32-28(39-4)34(21)2)26(38)36-11-10-20(19(15-36)17-8-6-5-7-9-17)31-25(37)22-14-23(33-35(22)3)40-27(29)30/h5-9,12-14,19-20,27H,10-11,15H2,1-4H3,(H,31,37)/t19-,20-/m1/s1. The lowest BCUT2D eigenvalue weighted by Gasteiger charge is -2.39. The van der Waals surface area contributed by atoms with Gasteiger partial charge in [-0.1, -0.05) is 30.3 Å². The van der Waals surface area contributed by atoms with Crippen LogP contribution in [0, 0.1) is 6.92 Å².